The molecule has 1 fully saturated rings. The fraction of sp³-hybridized carbons (Fsp3) is 0.0417. The Kier molecular flexibility index (Phi) is 6.04. The minimum absolute atomic E-state index is 0.0118. The molecule has 7 nitrogen and oxygen atoms in total. The molecule has 2 N–H and O–H groups in total. The number of nitrogens with one attached hydrogen (secondary N) is 1. The van der Waals surface area contributed by atoms with Crippen LogP contribution >= 0.6 is 15.9 Å². The van der Waals surface area contributed by atoms with Crippen molar-refractivity contribution >= 4 is 45.5 Å². The number of urea groups is 1. The van der Waals surface area contributed by atoms with Crippen molar-refractivity contribution in [2.24, 2.45) is 0 Å². The van der Waals surface area contributed by atoms with E-state index in [-0.39, 0.29) is 17.0 Å². The maximum Gasteiger partial charge on any atom is 0.335 e. The van der Waals surface area contributed by atoms with E-state index in [1.54, 1.807) is 24.3 Å². The number of carbonyl (C=O) groups excluding carboxylic acids is 3. The maximum atomic E-state index is 13.0. The van der Waals surface area contributed by atoms with E-state index < -0.39 is 17.8 Å². The number of hydrogen-bond acceptors (Lipinski definition) is 5. The van der Waals surface area contributed by atoms with Crippen molar-refractivity contribution in [3.63, 3.8) is 0 Å². The molecular weight excluding hydrogens is 476 g/mol. The number of phenolic OH excluding ortho intramolecular Hbond substituents is 1. The zero-order valence-corrected chi connectivity index (χ0v) is 18.2. The highest BCUT2D eigenvalue weighted by Crippen LogP contribution is 2.27. The molecule has 3 aromatic rings. The van der Waals surface area contributed by atoms with Gasteiger partial charge in [0.15, 0.2) is 0 Å². The highest BCUT2D eigenvalue weighted by Gasteiger charge is 2.36. The number of ether oxygens (including phenoxy) is 1. The number of barbiturate groups is 1. The van der Waals surface area contributed by atoms with Crippen molar-refractivity contribution in [3.8, 4) is 11.5 Å². The number of imide groups is 2. The number of halogens is 1. The second-order valence-corrected chi connectivity index (χ2v) is 7.84. The van der Waals surface area contributed by atoms with E-state index in [0.717, 1.165) is 14.9 Å². The number of hydrogen-bond donors (Lipinski definition) is 2. The first kappa shape index (κ1) is 21.3. The molecule has 0 radical (unpaired) electrons. The van der Waals surface area contributed by atoms with Gasteiger partial charge in [-0.05, 0) is 54.1 Å². The lowest BCUT2D eigenvalue weighted by atomic mass is 10.1. The van der Waals surface area contributed by atoms with E-state index in [9.17, 15) is 19.5 Å². The number of carbonyl (C=O) groups is 3. The molecule has 1 saturated heterocycles. The number of amides is 4. The second kappa shape index (κ2) is 9.07. The Bertz CT molecular complexity index is 1220. The lowest BCUT2D eigenvalue weighted by molar-refractivity contribution is -0.122. The van der Waals surface area contributed by atoms with Crippen LogP contribution in [0.25, 0.3) is 6.08 Å². The fourth-order valence-electron chi connectivity index (χ4n) is 3.12. The molecule has 0 saturated carbocycles. The summed E-state index contributed by atoms with van der Waals surface area (Å²) in [5, 5.41) is 11.6. The number of phenols is 1. The van der Waals surface area contributed by atoms with Crippen LogP contribution in [0.4, 0.5) is 10.5 Å². The van der Waals surface area contributed by atoms with Crippen LogP contribution < -0.4 is 15.0 Å². The Labute approximate surface area is 192 Å². The smallest absolute Gasteiger partial charge is 0.335 e. The number of rotatable bonds is 5. The Balaban J connectivity index is 1.62. The third kappa shape index (κ3) is 4.55. The van der Waals surface area contributed by atoms with Gasteiger partial charge in [-0.2, -0.15) is 0 Å². The van der Waals surface area contributed by atoms with Gasteiger partial charge in [-0.3, -0.25) is 14.9 Å². The second-order valence-electron chi connectivity index (χ2n) is 6.93. The monoisotopic (exact) mass is 492 g/mol. The normalized spacial score (nSPS) is 15.1. The van der Waals surface area contributed by atoms with Gasteiger partial charge in [0.05, 0.1) is 5.69 Å². The van der Waals surface area contributed by atoms with Gasteiger partial charge in [0.25, 0.3) is 11.8 Å². The summed E-state index contributed by atoms with van der Waals surface area (Å²) in [7, 11) is 0. The summed E-state index contributed by atoms with van der Waals surface area (Å²) in [5.74, 6) is -1.09. The lowest BCUT2D eigenvalue weighted by Crippen LogP contribution is -2.54. The Morgan fingerprint density at radius 2 is 1.62 bits per heavy atom. The van der Waals surface area contributed by atoms with Gasteiger partial charge in [-0.15, -0.1) is 0 Å². The summed E-state index contributed by atoms with van der Waals surface area (Å²) in [6.07, 6.45) is 1.40. The third-order valence-electron chi connectivity index (χ3n) is 4.74. The van der Waals surface area contributed by atoms with E-state index in [1.165, 1.54) is 30.3 Å². The van der Waals surface area contributed by atoms with Crippen LogP contribution in [-0.4, -0.2) is 23.0 Å². The average molecular weight is 493 g/mol. The Morgan fingerprint density at radius 3 is 2.34 bits per heavy atom. The standard InChI is InChI=1S/C24H17BrN2O5/c25-17-7-5-15(6-8-17)14-32-21-4-2-1-3-16(21)13-20-22(29)26-24(31)27(23(20)30)18-9-11-19(28)12-10-18/h1-13,28H,14H2,(H,26,29,31)/b20-13+. The largest absolute Gasteiger partial charge is 0.508 e. The molecule has 160 valence electrons. The lowest BCUT2D eigenvalue weighted by Gasteiger charge is -2.26. The van der Waals surface area contributed by atoms with Crippen molar-refractivity contribution < 1.29 is 24.2 Å². The van der Waals surface area contributed by atoms with Gasteiger partial charge in [-0.25, -0.2) is 9.69 Å². The molecule has 4 amide bonds. The van der Waals surface area contributed by atoms with Crippen LogP contribution in [-0.2, 0) is 16.2 Å². The minimum Gasteiger partial charge on any atom is -0.508 e. The van der Waals surface area contributed by atoms with Crippen molar-refractivity contribution in [2.75, 3.05) is 4.90 Å². The molecule has 8 heteroatoms. The van der Waals surface area contributed by atoms with Crippen molar-refractivity contribution in [2.45, 2.75) is 6.61 Å². The fourth-order valence-corrected chi connectivity index (χ4v) is 3.39. The zero-order chi connectivity index (χ0) is 22.7. The highest BCUT2D eigenvalue weighted by molar-refractivity contribution is 9.10. The third-order valence-corrected chi connectivity index (χ3v) is 5.26. The molecular formula is C24H17BrN2O5. The van der Waals surface area contributed by atoms with Gasteiger partial charge in [0.1, 0.15) is 23.7 Å². The molecule has 0 bridgehead atoms. The first-order valence-corrected chi connectivity index (χ1v) is 10.4. The van der Waals surface area contributed by atoms with E-state index >= 15 is 0 Å². The van der Waals surface area contributed by atoms with E-state index in [1.807, 2.05) is 24.3 Å². The van der Waals surface area contributed by atoms with Gasteiger partial charge in [-0.1, -0.05) is 46.3 Å². The quantitative estimate of drug-likeness (QED) is 0.406. The van der Waals surface area contributed by atoms with E-state index in [0.29, 0.717) is 17.9 Å². The first-order chi connectivity index (χ1) is 15.4. The Morgan fingerprint density at radius 1 is 0.938 bits per heavy atom. The predicted octanol–water partition coefficient (Wildman–Crippen LogP) is 4.40. The van der Waals surface area contributed by atoms with Gasteiger partial charge < -0.3 is 9.84 Å². The van der Waals surface area contributed by atoms with Crippen LogP contribution in [0.15, 0.2) is 82.8 Å². The molecule has 0 spiro atoms. The number of para-hydroxylation sites is 1. The zero-order valence-electron chi connectivity index (χ0n) is 16.6. The number of benzene rings is 3. The number of aromatic hydroxyl groups is 1. The van der Waals surface area contributed by atoms with Crippen LogP contribution in [0, 0.1) is 0 Å². The maximum absolute atomic E-state index is 13.0. The average Bonchev–Trinajstić information content (AvgIpc) is 2.78. The van der Waals surface area contributed by atoms with Crippen LogP contribution in [0.3, 0.4) is 0 Å². The molecule has 0 atom stereocenters. The van der Waals surface area contributed by atoms with Crippen molar-refractivity contribution in [1.29, 1.82) is 0 Å². The molecule has 32 heavy (non-hydrogen) atoms. The molecule has 4 rings (SSSR count). The predicted molar refractivity (Wildman–Crippen MR) is 122 cm³/mol. The van der Waals surface area contributed by atoms with E-state index in [4.69, 9.17) is 4.74 Å². The summed E-state index contributed by atoms with van der Waals surface area (Å²) in [6, 6.07) is 19.3. The molecule has 0 aromatic heterocycles. The van der Waals surface area contributed by atoms with Crippen LogP contribution in [0.5, 0.6) is 11.5 Å². The first-order valence-electron chi connectivity index (χ1n) is 9.59. The van der Waals surface area contributed by atoms with Gasteiger partial charge in [0, 0.05) is 10.0 Å². The number of anilines is 1. The summed E-state index contributed by atoms with van der Waals surface area (Å²) < 4.78 is 6.87. The van der Waals surface area contributed by atoms with Crippen molar-refractivity contribution in [3.05, 3.63) is 94.0 Å². The number of nitrogens with zero attached hydrogens (tertiary/aromatic N) is 1. The topological polar surface area (TPSA) is 95.9 Å². The van der Waals surface area contributed by atoms with Crippen LogP contribution in [0.2, 0.25) is 0 Å². The molecule has 3 aromatic carbocycles. The highest BCUT2D eigenvalue weighted by atomic mass is 79.9. The van der Waals surface area contributed by atoms with Gasteiger partial charge in [0.2, 0.25) is 0 Å². The molecule has 0 aliphatic carbocycles. The SMILES string of the molecule is O=C1NC(=O)N(c2ccc(O)cc2)C(=O)/C1=C/c1ccccc1OCc1ccc(Br)cc1. The summed E-state index contributed by atoms with van der Waals surface area (Å²) in [5.41, 5.74) is 1.48. The summed E-state index contributed by atoms with van der Waals surface area (Å²) in [6.45, 7) is 0.297. The molecule has 1 heterocycles. The van der Waals surface area contributed by atoms with E-state index in [2.05, 4.69) is 21.2 Å². The minimum atomic E-state index is -0.859. The summed E-state index contributed by atoms with van der Waals surface area (Å²) in [4.78, 5) is 38.6. The molecule has 0 unspecified atom stereocenters. The van der Waals surface area contributed by atoms with Crippen molar-refractivity contribution in [1.82, 2.24) is 5.32 Å². The Hall–Kier alpha value is -3.91. The summed E-state index contributed by atoms with van der Waals surface area (Å²) >= 11 is 3.39. The molecule has 1 aliphatic heterocycles. The van der Waals surface area contributed by atoms with Crippen LogP contribution in [0.1, 0.15) is 11.1 Å². The van der Waals surface area contributed by atoms with Gasteiger partial charge >= 0.3 is 6.03 Å². The molecule has 1 aliphatic rings.